The van der Waals surface area contributed by atoms with Gasteiger partial charge in [0.2, 0.25) is 0 Å². The SMILES string of the molecule is O=C(Nc1ccc(Nc2cccc(Cl)c2)nc1)c1ccccc1. The lowest BCUT2D eigenvalue weighted by molar-refractivity contribution is 0.102. The first-order chi connectivity index (χ1) is 11.2. The van der Waals surface area contributed by atoms with E-state index in [4.69, 9.17) is 11.6 Å². The molecule has 1 heterocycles. The number of rotatable bonds is 4. The normalized spacial score (nSPS) is 10.1. The summed E-state index contributed by atoms with van der Waals surface area (Å²) in [4.78, 5) is 16.3. The molecule has 0 atom stereocenters. The van der Waals surface area contributed by atoms with Crippen LogP contribution in [-0.2, 0) is 0 Å². The molecule has 3 aromatic rings. The van der Waals surface area contributed by atoms with Gasteiger partial charge >= 0.3 is 0 Å². The summed E-state index contributed by atoms with van der Waals surface area (Å²) >= 11 is 5.94. The fourth-order valence-electron chi connectivity index (χ4n) is 2.05. The van der Waals surface area contributed by atoms with Crippen molar-refractivity contribution in [3.63, 3.8) is 0 Å². The molecule has 3 rings (SSSR count). The van der Waals surface area contributed by atoms with Crippen molar-refractivity contribution in [2.45, 2.75) is 0 Å². The maximum Gasteiger partial charge on any atom is 0.255 e. The van der Waals surface area contributed by atoms with Crippen LogP contribution in [0.1, 0.15) is 10.4 Å². The van der Waals surface area contributed by atoms with E-state index in [0.29, 0.717) is 22.1 Å². The molecule has 0 bridgehead atoms. The topological polar surface area (TPSA) is 54.0 Å². The van der Waals surface area contributed by atoms with E-state index >= 15 is 0 Å². The average Bonchev–Trinajstić information content (AvgIpc) is 2.57. The first-order valence-electron chi connectivity index (χ1n) is 7.06. The van der Waals surface area contributed by atoms with Crippen LogP contribution in [0.5, 0.6) is 0 Å². The minimum atomic E-state index is -0.164. The molecule has 5 heteroatoms. The van der Waals surface area contributed by atoms with Crippen molar-refractivity contribution < 1.29 is 4.79 Å². The number of anilines is 3. The molecule has 0 aliphatic rings. The summed E-state index contributed by atoms with van der Waals surface area (Å²) in [5.41, 5.74) is 2.09. The molecule has 0 fully saturated rings. The van der Waals surface area contributed by atoms with Crippen LogP contribution in [0.25, 0.3) is 0 Å². The van der Waals surface area contributed by atoms with Crippen molar-refractivity contribution in [1.29, 1.82) is 0 Å². The molecule has 0 saturated carbocycles. The lowest BCUT2D eigenvalue weighted by atomic mass is 10.2. The lowest BCUT2D eigenvalue weighted by Gasteiger charge is -2.08. The molecule has 4 nitrogen and oxygen atoms in total. The number of pyridine rings is 1. The number of amides is 1. The zero-order valence-electron chi connectivity index (χ0n) is 12.2. The highest BCUT2D eigenvalue weighted by Crippen LogP contribution is 2.19. The van der Waals surface area contributed by atoms with Crippen LogP contribution in [-0.4, -0.2) is 10.9 Å². The van der Waals surface area contributed by atoms with E-state index in [1.54, 1.807) is 30.5 Å². The highest BCUT2D eigenvalue weighted by atomic mass is 35.5. The molecule has 1 aromatic heterocycles. The first kappa shape index (κ1) is 15.1. The number of nitrogens with one attached hydrogen (secondary N) is 2. The van der Waals surface area contributed by atoms with Crippen molar-refractivity contribution in [1.82, 2.24) is 4.98 Å². The van der Waals surface area contributed by atoms with Crippen LogP contribution >= 0.6 is 11.6 Å². The second-order valence-electron chi connectivity index (χ2n) is 4.89. The van der Waals surface area contributed by atoms with Gasteiger partial charge in [-0.05, 0) is 42.5 Å². The summed E-state index contributed by atoms with van der Waals surface area (Å²) in [7, 11) is 0. The maximum absolute atomic E-state index is 12.1. The van der Waals surface area contributed by atoms with Gasteiger partial charge in [0.15, 0.2) is 0 Å². The number of benzene rings is 2. The maximum atomic E-state index is 12.1. The monoisotopic (exact) mass is 323 g/mol. The van der Waals surface area contributed by atoms with Gasteiger partial charge < -0.3 is 10.6 Å². The van der Waals surface area contributed by atoms with Gasteiger partial charge in [0.1, 0.15) is 5.82 Å². The molecule has 0 aliphatic carbocycles. The largest absolute Gasteiger partial charge is 0.340 e. The van der Waals surface area contributed by atoms with Crippen molar-refractivity contribution in [2.75, 3.05) is 10.6 Å². The van der Waals surface area contributed by atoms with Crippen molar-refractivity contribution in [3.05, 3.63) is 83.5 Å². The van der Waals surface area contributed by atoms with Gasteiger partial charge in [-0.25, -0.2) is 4.98 Å². The Kier molecular flexibility index (Phi) is 4.54. The summed E-state index contributed by atoms with van der Waals surface area (Å²) in [5.74, 6) is 0.507. The van der Waals surface area contributed by atoms with E-state index in [1.165, 1.54) is 0 Å². The van der Waals surface area contributed by atoms with Gasteiger partial charge in [0, 0.05) is 16.3 Å². The summed E-state index contributed by atoms with van der Waals surface area (Å²) in [6.07, 6.45) is 1.60. The number of hydrogen-bond donors (Lipinski definition) is 2. The summed E-state index contributed by atoms with van der Waals surface area (Å²) in [6.45, 7) is 0. The third-order valence-corrected chi connectivity index (χ3v) is 3.39. The van der Waals surface area contributed by atoms with E-state index < -0.39 is 0 Å². The van der Waals surface area contributed by atoms with E-state index in [-0.39, 0.29) is 5.91 Å². The molecule has 0 unspecified atom stereocenters. The molecule has 114 valence electrons. The number of halogens is 1. The molecule has 2 aromatic carbocycles. The highest BCUT2D eigenvalue weighted by molar-refractivity contribution is 6.30. The predicted octanol–water partition coefficient (Wildman–Crippen LogP) is 4.73. The standard InChI is InChI=1S/C18H14ClN3O/c19-14-7-4-8-15(11-14)21-17-10-9-16(12-20-17)22-18(23)13-5-2-1-3-6-13/h1-12H,(H,20,21)(H,22,23). The van der Waals surface area contributed by atoms with Gasteiger partial charge in [-0.15, -0.1) is 0 Å². The Morgan fingerprint density at radius 2 is 1.74 bits per heavy atom. The Hall–Kier alpha value is -2.85. The zero-order valence-corrected chi connectivity index (χ0v) is 12.9. The van der Waals surface area contributed by atoms with Gasteiger partial charge in [-0.1, -0.05) is 35.9 Å². The first-order valence-corrected chi connectivity index (χ1v) is 7.43. The minimum absolute atomic E-state index is 0.164. The number of hydrogen-bond acceptors (Lipinski definition) is 3. The molecule has 1 amide bonds. The highest BCUT2D eigenvalue weighted by Gasteiger charge is 2.05. The number of carbonyl (C=O) groups excluding carboxylic acids is 1. The second-order valence-corrected chi connectivity index (χ2v) is 5.32. The number of carbonyl (C=O) groups is 1. The Morgan fingerprint density at radius 1 is 0.913 bits per heavy atom. The number of aromatic nitrogens is 1. The lowest BCUT2D eigenvalue weighted by Crippen LogP contribution is -2.11. The molecule has 2 N–H and O–H groups in total. The third-order valence-electron chi connectivity index (χ3n) is 3.15. The Balaban J connectivity index is 1.66. The molecule has 0 saturated heterocycles. The smallest absolute Gasteiger partial charge is 0.255 e. The van der Waals surface area contributed by atoms with Crippen LogP contribution < -0.4 is 10.6 Å². The predicted molar refractivity (Wildman–Crippen MR) is 93.4 cm³/mol. The zero-order chi connectivity index (χ0) is 16.1. The fourth-order valence-corrected chi connectivity index (χ4v) is 2.24. The number of nitrogens with zero attached hydrogens (tertiary/aromatic N) is 1. The van der Waals surface area contributed by atoms with Crippen LogP contribution in [0, 0.1) is 0 Å². The molecule has 0 aliphatic heterocycles. The molecule has 23 heavy (non-hydrogen) atoms. The van der Waals surface area contributed by atoms with Gasteiger partial charge in [-0.2, -0.15) is 0 Å². The van der Waals surface area contributed by atoms with Crippen LogP contribution in [0.4, 0.5) is 17.2 Å². The van der Waals surface area contributed by atoms with E-state index in [0.717, 1.165) is 5.69 Å². The van der Waals surface area contributed by atoms with Crippen LogP contribution in [0.2, 0.25) is 5.02 Å². The molecule has 0 radical (unpaired) electrons. The summed E-state index contributed by atoms with van der Waals surface area (Å²) in [5, 5.41) is 6.61. The van der Waals surface area contributed by atoms with Crippen LogP contribution in [0.3, 0.4) is 0 Å². The second kappa shape index (κ2) is 6.94. The molecular weight excluding hydrogens is 310 g/mol. The Bertz CT molecular complexity index is 804. The average molecular weight is 324 g/mol. The third kappa shape index (κ3) is 4.08. The van der Waals surface area contributed by atoms with Gasteiger partial charge in [-0.3, -0.25) is 4.79 Å². The minimum Gasteiger partial charge on any atom is -0.340 e. The van der Waals surface area contributed by atoms with E-state index in [1.807, 2.05) is 42.5 Å². The van der Waals surface area contributed by atoms with E-state index in [2.05, 4.69) is 15.6 Å². The van der Waals surface area contributed by atoms with Crippen LogP contribution in [0.15, 0.2) is 72.9 Å². The Morgan fingerprint density at radius 3 is 2.43 bits per heavy atom. The van der Waals surface area contributed by atoms with Crippen molar-refractivity contribution in [3.8, 4) is 0 Å². The van der Waals surface area contributed by atoms with E-state index in [9.17, 15) is 4.79 Å². The summed E-state index contributed by atoms with van der Waals surface area (Å²) in [6, 6.07) is 20.0. The van der Waals surface area contributed by atoms with Gasteiger partial charge in [0.05, 0.1) is 11.9 Å². The Labute approximate surface area is 139 Å². The molecule has 0 spiro atoms. The van der Waals surface area contributed by atoms with Gasteiger partial charge in [0.25, 0.3) is 5.91 Å². The quantitative estimate of drug-likeness (QED) is 0.729. The molecular formula is C18H14ClN3O. The summed E-state index contributed by atoms with van der Waals surface area (Å²) < 4.78 is 0. The fraction of sp³-hybridized carbons (Fsp3) is 0. The van der Waals surface area contributed by atoms with Crippen molar-refractivity contribution in [2.24, 2.45) is 0 Å². The van der Waals surface area contributed by atoms with Crippen molar-refractivity contribution >= 4 is 34.7 Å².